The Hall–Kier alpha value is -5.03. The zero-order chi connectivity index (χ0) is 38.4. The smallest absolute Gasteiger partial charge is 0.204 e. The third-order valence-corrected chi connectivity index (χ3v) is 7.73. The molecule has 2 atom stereocenters. The molecule has 16 heteroatoms. The fourth-order valence-electron chi connectivity index (χ4n) is 5.22. The molecule has 3 aromatic rings. The van der Waals surface area contributed by atoms with Crippen molar-refractivity contribution in [1.29, 1.82) is 0 Å². The molecule has 0 fully saturated rings. The van der Waals surface area contributed by atoms with Gasteiger partial charge in [-0.1, -0.05) is 23.3 Å². The monoisotopic (exact) mass is 726 g/mol. The van der Waals surface area contributed by atoms with Crippen LogP contribution in [0.4, 0.5) is 0 Å². The third-order valence-electron chi connectivity index (χ3n) is 7.73. The number of hydrogen-bond acceptors (Lipinski definition) is 12. The fraction of sp³-hybridized carbons (Fsp3) is 0.472. The first-order valence-electron chi connectivity index (χ1n) is 17.0. The number of fused-ring (bicyclic) bond motifs is 2. The van der Waals surface area contributed by atoms with Crippen LogP contribution in [-0.2, 0) is 12.8 Å². The van der Waals surface area contributed by atoms with Crippen molar-refractivity contribution in [2.45, 2.75) is 52.7 Å². The molecule has 52 heavy (non-hydrogen) atoms. The van der Waals surface area contributed by atoms with E-state index in [0.29, 0.717) is 49.5 Å². The molecule has 1 heterocycles. The SMILES string of the molecule is COc1c(OCC(O)CNCCN=C(N)N)cc2oc3cc(OCC(O)CNCCN=C(N)N)c(CC=C(C)C)c(O)c3c(=O)c2c1CC=C(C)C. The van der Waals surface area contributed by atoms with E-state index in [1.165, 1.54) is 13.2 Å². The topological polar surface area (TPSA) is 271 Å². The lowest BCUT2D eigenvalue weighted by Crippen LogP contribution is -2.33. The number of nitrogens with one attached hydrogen (secondary N) is 2. The van der Waals surface area contributed by atoms with E-state index >= 15 is 0 Å². The number of benzene rings is 2. The third kappa shape index (κ3) is 12.0. The predicted octanol–water partition coefficient (Wildman–Crippen LogP) is 0.883. The molecule has 0 amide bonds. The van der Waals surface area contributed by atoms with Gasteiger partial charge in [-0.3, -0.25) is 14.8 Å². The number of nitrogens with two attached hydrogens (primary N) is 4. The zero-order valence-electron chi connectivity index (χ0n) is 30.6. The van der Waals surface area contributed by atoms with Crippen molar-refractivity contribution in [2.24, 2.45) is 32.9 Å². The van der Waals surface area contributed by atoms with Gasteiger partial charge < -0.3 is 67.5 Å². The van der Waals surface area contributed by atoms with E-state index in [9.17, 15) is 20.1 Å². The molecule has 0 aliphatic carbocycles. The number of aliphatic hydroxyl groups is 2. The standard InChI is InChI=1S/C36H54N8O8/c1-20(2)6-8-24-26(50-18-22(45)16-41-10-12-43-35(37)38)14-28-31(32(24)47)33(48)30-25(9-7-21(3)4)34(49-5)29(15-27(30)52-28)51-19-23(46)17-42-11-13-44-36(39)40/h6-7,14-15,22-23,41-42,45-47H,8-13,16-19H2,1-5H3,(H4,37,38,43)(H4,39,40,44). The highest BCUT2D eigenvalue weighted by Crippen LogP contribution is 2.41. The summed E-state index contributed by atoms with van der Waals surface area (Å²) < 4.78 is 24.2. The van der Waals surface area contributed by atoms with Crippen LogP contribution in [0.5, 0.6) is 23.0 Å². The minimum Gasteiger partial charge on any atom is -0.507 e. The van der Waals surface area contributed by atoms with E-state index in [1.54, 1.807) is 6.07 Å². The summed E-state index contributed by atoms with van der Waals surface area (Å²) in [7, 11) is 1.47. The maximum atomic E-state index is 14.4. The van der Waals surface area contributed by atoms with Crippen LogP contribution in [0.3, 0.4) is 0 Å². The van der Waals surface area contributed by atoms with Crippen molar-refractivity contribution in [3.8, 4) is 23.0 Å². The maximum absolute atomic E-state index is 14.4. The van der Waals surface area contributed by atoms with Crippen LogP contribution in [0, 0.1) is 0 Å². The second-order valence-electron chi connectivity index (χ2n) is 12.7. The van der Waals surface area contributed by atoms with Crippen LogP contribution >= 0.6 is 0 Å². The van der Waals surface area contributed by atoms with Crippen LogP contribution in [0.1, 0.15) is 38.8 Å². The summed E-state index contributed by atoms with van der Waals surface area (Å²) in [6.07, 6.45) is 2.59. The summed E-state index contributed by atoms with van der Waals surface area (Å²) in [5.41, 5.74) is 24.0. The van der Waals surface area contributed by atoms with Crippen molar-refractivity contribution >= 4 is 33.9 Å². The van der Waals surface area contributed by atoms with E-state index < -0.39 is 17.6 Å². The summed E-state index contributed by atoms with van der Waals surface area (Å²) in [6.45, 7) is 9.50. The number of hydrogen-bond donors (Lipinski definition) is 9. The molecule has 0 bridgehead atoms. The molecule has 0 radical (unpaired) electrons. The van der Waals surface area contributed by atoms with Gasteiger partial charge in [-0.25, -0.2) is 0 Å². The largest absolute Gasteiger partial charge is 0.507 e. The Morgan fingerprint density at radius 2 is 1.29 bits per heavy atom. The number of phenolic OH excluding ortho intramolecular Hbond substituents is 1. The Kier molecular flexibility index (Phi) is 16.0. The molecule has 0 aliphatic rings. The summed E-state index contributed by atoms with van der Waals surface area (Å²) in [5.74, 6) is 0.487. The Morgan fingerprint density at radius 1 is 0.808 bits per heavy atom. The lowest BCUT2D eigenvalue weighted by atomic mass is 9.98. The molecule has 2 aromatic carbocycles. The van der Waals surface area contributed by atoms with Crippen molar-refractivity contribution < 1.29 is 33.9 Å². The summed E-state index contributed by atoms with van der Waals surface area (Å²) >= 11 is 0. The Bertz CT molecular complexity index is 1840. The molecule has 0 saturated carbocycles. The zero-order valence-corrected chi connectivity index (χ0v) is 30.6. The van der Waals surface area contributed by atoms with Gasteiger partial charge in [-0.15, -0.1) is 0 Å². The van der Waals surface area contributed by atoms with E-state index in [4.69, 9.17) is 41.6 Å². The fourth-order valence-corrected chi connectivity index (χ4v) is 5.22. The second-order valence-corrected chi connectivity index (χ2v) is 12.7. The average Bonchev–Trinajstić information content (AvgIpc) is 3.07. The van der Waals surface area contributed by atoms with Gasteiger partial charge in [0.1, 0.15) is 53.5 Å². The van der Waals surface area contributed by atoms with Gasteiger partial charge in [0.2, 0.25) is 5.43 Å². The van der Waals surface area contributed by atoms with Gasteiger partial charge in [0, 0.05) is 49.4 Å². The highest BCUT2D eigenvalue weighted by atomic mass is 16.5. The van der Waals surface area contributed by atoms with Crippen LogP contribution in [0.2, 0.25) is 0 Å². The summed E-state index contributed by atoms with van der Waals surface area (Å²) in [5, 5.41) is 39.2. The molecule has 0 saturated heterocycles. The van der Waals surface area contributed by atoms with Crippen LogP contribution in [0.25, 0.3) is 21.9 Å². The second kappa shape index (κ2) is 20.1. The molecule has 3 rings (SSSR count). The minimum absolute atomic E-state index is 0.0135. The molecule has 2 unspecified atom stereocenters. The molecule has 1 aromatic heterocycles. The lowest BCUT2D eigenvalue weighted by molar-refractivity contribution is 0.105. The Labute approximate surface area is 303 Å². The Morgan fingerprint density at radius 3 is 1.79 bits per heavy atom. The van der Waals surface area contributed by atoms with Crippen molar-refractivity contribution in [3.05, 3.63) is 56.8 Å². The van der Waals surface area contributed by atoms with E-state index in [2.05, 4.69) is 20.6 Å². The maximum Gasteiger partial charge on any atom is 0.204 e. The van der Waals surface area contributed by atoms with Gasteiger partial charge in [0.05, 0.1) is 25.6 Å². The van der Waals surface area contributed by atoms with Gasteiger partial charge >= 0.3 is 0 Å². The quantitative estimate of drug-likeness (QED) is 0.0243. The van der Waals surface area contributed by atoms with Gasteiger partial charge in [0.15, 0.2) is 23.4 Å². The molecular formula is C36H54N8O8. The minimum atomic E-state index is -0.912. The number of aliphatic hydroxyl groups excluding tert-OH is 2. The van der Waals surface area contributed by atoms with Crippen LogP contribution < -0.4 is 53.2 Å². The lowest BCUT2D eigenvalue weighted by Gasteiger charge is -2.19. The van der Waals surface area contributed by atoms with Crippen molar-refractivity contribution in [2.75, 3.05) is 59.6 Å². The van der Waals surface area contributed by atoms with E-state index in [1.807, 2.05) is 39.8 Å². The van der Waals surface area contributed by atoms with Crippen molar-refractivity contribution in [3.63, 3.8) is 0 Å². The molecule has 0 spiro atoms. The number of allylic oxidation sites excluding steroid dienone is 4. The number of aromatic hydroxyl groups is 1. The number of guanidine groups is 2. The molecule has 0 aliphatic heterocycles. The van der Waals surface area contributed by atoms with Gasteiger partial charge in [0.25, 0.3) is 0 Å². The highest BCUT2D eigenvalue weighted by molar-refractivity contribution is 5.98. The Balaban J connectivity index is 2.07. The average molecular weight is 727 g/mol. The number of rotatable bonds is 21. The van der Waals surface area contributed by atoms with Crippen LogP contribution in [0.15, 0.2) is 54.6 Å². The van der Waals surface area contributed by atoms with E-state index in [-0.39, 0.29) is 83.8 Å². The number of aliphatic imine (C=N–C) groups is 2. The first-order chi connectivity index (χ1) is 24.7. The molecule has 13 N–H and O–H groups in total. The number of methoxy groups -OCH3 is 1. The normalized spacial score (nSPS) is 12.2. The molecule has 286 valence electrons. The number of ether oxygens (including phenoxy) is 3. The number of phenols is 1. The highest BCUT2D eigenvalue weighted by Gasteiger charge is 2.25. The van der Waals surface area contributed by atoms with Gasteiger partial charge in [-0.05, 0) is 40.5 Å². The van der Waals surface area contributed by atoms with Crippen molar-refractivity contribution in [1.82, 2.24) is 10.6 Å². The summed E-state index contributed by atoms with van der Waals surface area (Å²) in [4.78, 5) is 22.2. The van der Waals surface area contributed by atoms with E-state index in [0.717, 1.165) is 11.1 Å². The first kappa shape index (κ1) is 41.4. The van der Waals surface area contributed by atoms with Crippen LogP contribution in [-0.4, -0.2) is 99.0 Å². The van der Waals surface area contributed by atoms with Gasteiger partial charge in [-0.2, -0.15) is 0 Å². The molecule has 16 nitrogen and oxygen atoms in total. The first-order valence-corrected chi connectivity index (χ1v) is 17.0. The molecular weight excluding hydrogens is 672 g/mol. The predicted molar refractivity (Wildman–Crippen MR) is 205 cm³/mol. The summed E-state index contributed by atoms with van der Waals surface area (Å²) in [6, 6.07) is 3.08. The number of nitrogens with zero attached hydrogens (tertiary/aromatic N) is 2.